The minimum Gasteiger partial charge on any atom is -0.468 e. The topological polar surface area (TPSA) is 39.9 Å². The number of hydrogen-bond acceptors (Lipinski definition) is 4. The van der Waals surface area contributed by atoms with Crippen molar-refractivity contribution in [1.29, 1.82) is 0 Å². The Morgan fingerprint density at radius 3 is 2.37 bits per heavy atom. The molecule has 0 saturated carbocycles. The Morgan fingerprint density at radius 1 is 0.933 bits per heavy atom. The minimum atomic E-state index is -0.689. The number of para-hydroxylation sites is 1. The molecule has 1 aromatic heterocycles. The summed E-state index contributed by atoms with van der Waals surface area (Å²) in [4.78, 5) is 16.3. The third kappa shape index (κ3) is 3.55. The second-order valence-corrected chi connectivity index (χ2v) is 8.21. The molecule has 1 amide bonds. The lowest BCUT2D eigenvalue weighted by Crippen LogP contribution is -2.48. The molecule has 0 N–H and O–H groups in total. The molecule has 0 fully saturated rings. The monoisotopic (exact) mass is 403 g/mol. The zero-order chi connectivity index (χ0) is 21.1. The van der Waals surface area contributed by atoms with E-state index in [1.165, 1.54) is 0 Å². The van der Waals surface area contributed by atoms with Gasteiger partial charge in [0, 0.05) is 7.05 Å². The molecule has 0 radical (unpaired) electrons. The van der Waals surface area contributed by atoms with E-state index in [9.17, 15) is 4.79 Å². The number of anilines is 1. The zero-order valence-electron chi connectivity index (χ0n) is 17.9. The van der Waals surface area contributed by atoms with Crippen LogP contribution in [0.1, 0.15) is 29.7 Å². The van der Waals surface area contributed by atoms with E-state index in [1.54, 1.807) is 6.26 Å². The van der Waals surface area contributed by atoms with E-state index in [-0.39, 0.29) is 5.91 Å². The maximum Gasteiger partial charge on any atom is 0.256 e. The summed E-state index contributed by atoms with van der Waals surface area (Å²) in [5.41, 5.74) is 2.39. The second kappa shape index (κ2) is 8.46. The molecule has 0 bridgehead atoms. The third-order valence-corrected chi connectivity index (χ3v) is 5.88. The summed E-state index contributed by atoms with van der Waals surface area (Å²) in [5, 5.41) is 3.79. The highest BCUT2D eigenvalue weighted by Crippen LogP contribution is 2.49. The number of rotatable bonds is 8. The Balaban J connectivity index is 1.78. The van der Waals surface area contributed by atoms with Crippen LogP contribution < -0.4 is 5.01 Å². The van der Waals surface area contributed by atoms with Gasteiger partial charge in [-0.15, -0.1) is 0 Å². The largest absolute Gasteiger partial charge is 0.468 e. The first-order valence-electron chi connectivity index (χ1n) is 10.4. The van der Waals surface area contributed by atoms with Crippen molar-refractivity contribution in [3.63, 3.8) is 0 Å². The molecule has 2 heterocycles. The summed E-state index contributed by atoms with van der Waals surface area (Å²) in [5.74, 6) is 0.926. The van der Waals surface area contributed by atoms with Gasteiger partial charge in [-0.25, -0.2) is 10.0 Å². The van der Waals surface area contributed by atoms with Crippen LogP contribution in [0.4, 0.5) is 5.69 Å². The van der Waals surface area contributed by atoms with Gasteiger partial charge in [0.05, 0.1) is 18.5 Å². The molecule has 0 aliphatic carbocycles. The number of hydrazine groups is 1. The minimum absolute atomic E-state index is 0.0997. The normalized spacial score (nSPS) is 18.4. The van der Waals surface area contributed by atoms with E-state index in [2.05, 4.69) is 37.2 Å². The van der Waals surface area contributed by atoms with Gasteiger partial charge in [0.1, 0.15) is 11.2 Å². The molecule has 156 valence electrons. The second-order valence-electron chi connectivity index (χ2n) is 8.21. The Morgan fingerprint density at radius 2 is 1.67 bits per heavy atom. The highest BCUT2D eigenvalue weighted by atomic mass is 16.3. The number of benzene rings is 2. The van der Waals surface area contributed by atoms with Crippen molar-refractivity contribution < 1.29 is 9.21 Å². The van der Waals surface area contributed by atoms with Crippen molar-refractivity contribution in [3.05, 3.63) is 89.9 Å². The van der Waals surface area contributed by atoms with Crippen LogP contribution in [0, 0.1) is 0 Å². The van der Waals surface area contributed by atoms with E-state index in [4.69, 9.17) is 4.42 Å². The number of furan rings is 1. The number of carbonyl (C=O) groups excluding carboxylic acids is 1. The summed E-state index contributed by atoms with van der Waals surface area (Å²) < 4.78 is 5.53. The first-order valence-corrected chi connectivity index (χ1v) is 10.4. The van der Waals surface area contributed by atoms with Gasteiger partial charge in [-0.3, -0.25) is 4.79 Å². The molecule has 1 aliphatic rings. The Bertz CT molecular complexity index is 985. The molecule has 2 aromatic carbocycles. The standard InChI is InChI=1S/C25H29N3O2/c1-26(2)17-10-16-25(20-11-5-4-6-12-20)22-14-7-8-15-23(22)28(24(25)29)27(3)19-21-13-9-18-30-21/h4-9,11-15,18H,10,16-17,19H2,1-3H3. The Labute approximate surface area is 178 Å². The van der Waals surface area contributed by atoms with Crippen molar-refractivity contribution in [2.24, 2.45) is 0 Å². The predicted octanol–water partition coefficient (Wildman–Crippen LogP) is 4.30. The summed E-state index contributed by atoms with van der Waals surface area (Å²) in [6, 6.07) is 22.2. The molecular weight excluding hydrogens is 374 g/mol. The van der Waals surface area contributed by atoms with Crippen molar-refractivity contribution >= 4 is 11.6 Å². The van der Waals surface area contributed by atoms with Crippen molar-refractivity contribution in [3.8, 4) is 0 Å². The average molecular weight is 404 g/mol. The van der Waals surface area contributed by atoms with Gasteiger partial charge in [0.25, 0.3) is 5.91 Å². The van der Waals surface area contributed by atoms with Crippen LogP contribution in [0.3, 0.4) is 0 Å². The first-order chi connectivity index (χ1) is 14.5. The molecule has 5 heteroatoms. The smallest absolute Gasteiger partial charge is 0.256 e. The van der Waals surface area contributed by atoms with E-state index in [0.717, 1.165) is 42.0 Å². The number of carbonyl (C=O) groups is 1. The van der Waals surface area contributed by atoms with Gasteiger partial charge in [0.2, 0.25) is 0 Å². The molecule has 3 aromatic rings. The highest BCUT2D eigenvalue weighted by molar-refractivity contribution is 6.09. The van der Waals surface area contributed by atoms with Gasteiger partial charge in [-0.2, -0.15) is 0 Å². The molecule has 1 aliphatic heterocycles. The van der Waals surface area contributed by atoms with Crippen molar-refractivity contribution in [2.75, 3.05) is 32.7 Å². The zero-order valence-corrected chi connectivity index (χ0v) is 17.9. The van der Waals surface area contributed by atoms with Crippen LogP contribution in [0.5, 0.6) is 0 Å². The first kappa shape index (κ1) is 20.4. The lowest BCUT2D eigenvalue weighted by Gasteiger charge is -2.33. The van der Waals surface area contributed by atoms with Crippen LogP contribution in [0.2, 0.25) is 0 Å². The summed E-state index contributed by atoms with van der Waals surface area (Å²) in [7, 11) is 6.09. The van der Waals surface area contributed by atoms with Crippen LogP contribution in [-0.2, 0) is 16.8 Å². The van der Waals surface area contributed by atoms with Gasteiger partial charge < -0.3 is 9.32 Å². The fourth-order valence-electron chi connectivity index (χ4n) is 4.51. The van der Waals surface area contributed by atoms with Crippen LogP contribution in [0.15, 0.2) is 77.4 Å². The maximum absolute atomic E-state index is 14.2. The molecular formula is C25H29N3O2. The molecule has 4 rings (SSSR count). The van der Waals surface area contributed by atoms with Gasteiger partial charge in [0.15, 0.2) is 0 Å². The lowest BCUT2D eigenvalue weighted by molar-refractivity contribution is -0.124. The fraction of sp³-hybridized carbons (Fsp3) is 0.320. The number of fused-ring (bicyclic) bond motifs is 1. The number of nitrogens with zero attached hydrogens (tertiary/aromatic N) is 3. The molecule has 0 spiro atoms. The highest BCUT2D eigenvalue weighted by Gasteiger charge is 2.52. The van der Waals surface area contributed by atoms with Crippen LogP contribution in [-0.4, -0.2) is 43.5 Å². The average Bonchev–Trinajstić information content (AvgIpc) is 3.33. The molecule has 1 atom stereocenters. The fourth-order valence-corrected chi connectivity index (χ4v) is 4.51. The molecule has 0 saturated heterocycles. The number of hydrogen-bond donors (Lipinski definition) is 0. The van der Waals surface area contributed by atoms with E-state index >= 15 is 0 Å². The predicted molar refractivity (Wildman–Crippen MR) is 119 cm³/mol. The van der Waals surface area contributed by atoms with Crippen molar-refractivity contribution in [1.82, 2.24) is 9.91 Å². The van der Waals surface area contributed by atoms with E-state index in [1.807, 2.05) is 65.6 Å². The molecule has 30 heavy (non-hydrogen) atoms. The van der Waals surface area contributed by atoms with Gasteiger partial charge in [-0.05, 0) is 62.8 Å². The van der Waals surface area contributed by atoms with Crippen molar-refractivity contribution in [2.45, 2.75) is 24.8 Å². The lowest BCUT2D eigenvalue weighted by atomic mass is 9.72. The van der Waals surface area contributed by atoms with E-state index in [0.29, 0.717) is 6.54 Å². The van der Waals surface area contributed by atoms with Gasteiger partial charge >= 0.3 is 0 Å². The summed E-state index contributed by atoms with van der Waals surface area (Å²) >= 11 is 0. The van der Waals surface area contributed by atoms with E-state index < -0.39 is 5.41 Å². The molecule has 5 nitrogen and oxygen atoms in total. The maximum atomic E-state index is 14.2. The third-order valence-electron chi connectivity index (χ3n) is 5.88. The van der Waals surface area contributed by atoms with Gasteiger partial charge in [-0.1, -0.05) is 48.5 Å². The Kier molecular flexibility index (Phi) is 5.75. The summed E-state index contributed by atoms with van der Waals surface area (Å²) in [6.45, 7) is 1.46. The van der Waals surface area contributed by atoms with Crippen LogP contribution >= 0.6 is 0 Å². The number of amides is 1. The van der Waals surface area contributed by atoms with Crippen LogP contribution in [0.25, 0.3) is 0 Å². The quantitative estimate of drug-likeness (QED) is 0.562. The Hall–Kier alpha value is -2.89. The summed E-state index contributed by atoms with van der Waals surface area (Å²) in [6.07, 6.45) is 3.35. The molecule has 1 unspecified atom stereocenters. The SMILES string of the molecule is CN(C)CCCC1(c2ccccc2)C(=O)N(N(C)Cc2ccco2)c2ccccc21.